The molecule has 0 spiro atoms. The van der Waals surface area contributed by atoms with Crippen molar-refractivity contribution in [2.45, 2.75) is 5.75 Å². The van der Waals surface area contributed by atoms with Crippen LogP contribution in [0.25, 0.3) is 0 Å². The Morgan fingerprint density at radius 2 is 1.96 bits per heavy atom. The molecule has 0 bridgehead atoms. The molecule has 10 heteroatoms. The number of sulfonamides is 1. The molecule has 0 saturated carbocycles. The van der Waals surface area contributed by atoms with Crippen LogP contribution in [0.1, 0.15) is 5.56 Å². The predicted molar refractivity (Wildman–Crippen MR) is 101 cm³/mol. The number of morpholine rings is 1. The zero-order chi connectivity index (χ0) is 19.1. The molecule has 1 aromatic carbocycles. The van der Waals surface area contributed by atoms with E-state index in [9.17, 15) is 12.8 Å². The standard InChI is InChI=1S/C17H22FN5O3S/c18-15-3-1-2-14(10-15)12-27(24,25)22-5-4-19-16-11-17(21-13-20-16)23-6-8-26-9-7-23/h1-3,10-11,13,22H,4-9,12H2,(H,19,20,21). The maximum atomic E-state index is 13.2. The van der Waals surface area contributed by atoms with Gasteiger partial charge in [0.05, 0.1) is 19.0 Å². The largest absolute Gasteiger partial charge is 0.378 e. The van der Waals surface area contributed by atoms with Gasteiger partial charge < -0.3 is 15.0 Å². The number of ether oxygens (including phenoxy) is 1. The second kappa shape index (κ2) is 9.07. The van der Waals surface area contributed by atoms with E-state index in [2.05, 4.69) is 24.9 Å². The van der Waals surface area contributed by atoms with Gasteiger partial charge >= 0.3 is 0 Å². The van der Waals surface area contributed by atoms with Gasteiger partial charge in [-0.25, -0.2) is 27.5 Å². The highest BCUT2D eigenvalue weighted by Crippen LogP contribution is 2.15. The Kier molecular flexibility index (Phi) is 6.54. The summed E-state index contributed by atoms with van der Waals surface area (Å²) < 4.78 is 45.1. The third kappa shape index (κ3) is 6.12. The predicted octanol–water partition coefficient (Wildman–Crippen LogP) is 0.984. The molecular formula is C17H22FN5O3S. The molecule has 1 saturated heterocycles. The van der Waals surface area contributed by atoms with Gasteiger partial charge in [0.25, 0.3) is 0 Å². The molecule has 146 valence electrons. The molecule has 0 radical (unpaired) electrons. The van der Waals surface area contributed by atoms with E-state index in [0.717, 1.165) is 18.9 Å². The Bertz CT molecular complexity index is 859. The van der Waals surface area contributed by atoms with Crippen molar-refractivity contribution in [2.75, 3.05) is 49.6 Å². The summed E-state index contributed by atoms with van der Waals surface area (Å²) in [7, 11) is -3.54. The maximum Gasteiger partial charge on any atom is 0.215 e. The van der Waals surface area contributed by atoms with E-state index in [-0.39, 0.29) is 12.3 Å². The molecule has 0 aliphatic carbocycles. The van der Waals surface area contributed by atoms with Crippen LogP contribution in [0.4, 0.5) is 16.0 Å². The van der Waals surface area contributed by atoms with Crippen LogP contribution < -0.4 is 14.9 Å². The molecule has 0 amide bonds. The number of hydrogen-bond donors (Lipinski definition) is 2. The summed E-state index contributed by atoms with van der Waals surface area (Å²) in [6, 6.07) is 7.38. The number of halogens is 1. The lowest BCUT2D eigenvalue weighted by Gasteiger charge is -2.27. The fourth-order valence-electron chi connectivity index (χ4n) is 2.70. The molecule has 1 aliphatic heterocycles. The third-order valence-corrected chi connectivity index (χ3v) is 5.34. The van der Waals surface area contributed by atoms with E-state index in [1.807, 2.05) is 6.07 Å². The molecule has 3 rings (SSSR count). The van der Waals surface area contributed by atoms with Gasteiger partial charge in [0.1, 0.15) is 23.8 Å². The van der Waals surface area contributed by atoms with Crippen molar-refractivity contribution in [2.24, 2.45) is 0 Å². The monoisotopic (exact) mass is 395 g/mol. The van der Waals surface area contributed by atoms with Gasteiger partial charge in [-0.2, -0.15) is 0 Å². The zero-order valence-electron chi connectivity index (χ0n) is 14.8. The molecular weight excluding hydrogens is 373 g/mol. The van der Waals surface area contributed by atoms with E-state index < -0.39 is 15.8 Å². The van der Waals surface area contributed by atoms with Crippen molar-refractivity contribution in [3.63, 3.8) is 0 Å². The van der Waals surface area contributed by atoms with Gasteiger partial charge in [-0.15, -0.1) is 0 Å². The molecule has 1 fully saturated rings. The lowest BCUT2D eigenvalue weighted by Crippen LogP contribution is -2.36. The topological polar surface area (TPSA) is 96.5 Å². The van der Waals surface area contributed by atoms with Gasteiger partial charge in [-0.1, -0.05) is 12.1 Å². The molecule has 0 unspecified atom stereocenters. The fraction of sp³-hybridized carbons (Fsp3) is 0.412. The second-order valence-corrected chi connectivity index (χ2v) is 7.88. The first kappa shape index (κ1) is 19.5. The smallest absolute Gasteiger partial charge is 0.215 e. The Balaban J connectivity index is 1.47. The summed E-state index contributed by atoms with van der Waals surface area (Å²) in [5.74, 6) is 0.710. The fourth-order valence-corrected chi connectivity index (χ4v) is 3.84. The van der Waals surface area contributed by atoms with E-state index in [1.165, 1.54) is 24.5 Å². The van der Waals surface area contributed by atoms with Crippen molar-refractivity contribution in [1.82, 2.24) is 14.7 Å². The summed E-state index contributed by atoms with van der Waals surface area (Å²) in [4.78, 5) is 10.5. The summed E-state index contributed by atoms with van der Waals surface area (Å²) in [5.41, 5.74) is 0.404. The molecule has 0 atom stereocenters. The Labute approximate surface area is 157 Å². The Morgan fingerprint density at radius 3 is 2.74 bits per heavy atom. The lowest BCUT2D eigenvalue weighted by molar-refractivity contribution is 0.122. The minimum Gasteiger partial charge on any atom is -0.378 e. The zero-order valence-corrected chi connectivity index (χ0v) is 15.6. The average molecular weight is 395 g/mol. The van der Waals surface area contributed by atoms with E-state index in [0.29, 0.717) is 31.1 Å². The number of hydrogen-bond acceptors (Lipinski definition) is 7. The summed E-state index contributed by atoms with van der Waals surface area (Å²) in [5, 5.41) is 3.07. The molecule has 27 heavy (non-hydrogen) atoms. The minimum atomic E-state index is -3.54. The number of rotatable bonds is 8. The number of anilines is 2. The van der Waals surface area contributed by atoms with Gasteiger partial charge in [-0.05, 0) is 17.7 Å². The molecule has 8 nitrogen and oxygen atoms in total. The Hall–Kier alpha value is -2.30. The number of nitrogens with zero attached hydrogens (tertiary/aromatic N) is 3. The highest BCUT2D eigenvalue weighted by molar-refractivity contribution is 7.88. The van der Waals surface area contributed by atoms with E-state index >= 15 is 0 Å². The molecule has 1 aromatic heterocycles. The van der Waals surface area contributed by atoms with Crippen molar-refractivity contribution in [1.29, 1.82) is 0 Å². The molecule has 2 N–H and O–H groups in total. The van der Waals surface area contributed by atoms with E-state index in [1.54, 1.807) is 6.07 Å². The van der Waals surface area contributed by atoms with E-state index in [4.69, 9.17) is 4.74 Å². The average Bonchev–Trinajstić information content (AvgIpc) is 2.66. The van der Waals surface area contributed by atoms with Crippen molar-refractivity contribution < 1.29 is 17.5 Å². The lowest BCUT2D eigenvalue weighted by atomic mass is 10.2. The van der Waals surface area contributed by atoms with Crippen molar-refractivity contribution in [3.05, 3.63) is 48.0 Å². The summed E-state index contributed by atoms with van der Waals surface area (Å²) in [6.07, 6.45) is 1.47. The summed E-state index contributed by atoms with van der Waals surface area (Å²) >= 11 is 0. The van der Waals surface area contributed by atoms with Crippen molar-refractivity contribution >= 4 is 21.7 Å². The number of nitrogens with one attached hydrogen (secondary N) is 2. The van der Waals surface area contributed by atoms with Crippen molar-refractivity contribution in [3.8, 4) is 0 Å². The van der Waals surface area contributed by atoms with Gasteiger partial charge in [0.2, 0.25) is 10.0 Å². The Morgan fingerprint density at radius 1 is 1.15 bits per heavy atom. The number of benzene rings is 1. The van der Waals surface area contributed by atoms with Crippen LogP contribution >= 0.6 is 0 Å². The van der Waals surface area contributed by atoms with Crippen LogP contribution in [-0.2, 0) is 20.5 Å². The van der Waals surface area contributed by atoms with Crippen LogP contribution in [0.2, 0.25) is 0 Å². The van der Waals surface area contributed by atoms with Crippen LogP contribution in [0.5, 0.6) is 0 Å². The van der Waals surface area contributed by atoms with Crippen LogP contribution in [0.3, 0.4) is 0 Å². The summed E-state index contributed by atoms with van der Waals surface area (Å²) in [6.45, 7) is 3.43. The van der Waals surface area contributed by atoms with Gasteiger partial charge in [0.15, 0.2) is 0 Å². The van der Waals surface area contributed by atoms with Gasteiger partial charge in [0, 0.05) is 32.2 Å². The molecule has 2 aromatic rings. The molecule has 1 aliphatic rings. The quantitative estimate of drug-likeness (QED) is 0.643. The molecule has 2 heterocycles. The van der Waals surface area contributed by atoms with Crippen LogP contribution in [0.15, 0.2) is 36.7 Å². The first-order valence-electron chi connectivity index (χ1n) is 8.62. The highest BCUT2D eigenvalue weighted by atomic mass is 32.2. The SMILES string of the molecule is O=S(=O)(Cc1cccc(F)c1)NCCNc1cc(N2CCOCC2)ncn1. The maximum absolute atomic E-state index is 13.2. The second-order valence-electron chi connectivity index (χ2n) is 6.07. The third-order valence-electron chi connectivity index (χ3n) is 3.99. The number of aromatic nitrogens is 2. The first-order valence-corrected chi connectivity index (χ1v) is 10.3. The minimum absolute atomic E-state index is 0.189. The van der Waals surface area contributed by atoms with Gasteiger partial charge in [-0.3, -0.25) is 0 Å². The van der Waals surface area contributed by atoms with Crippen LogP contribution in [0, 0.1) is 5.82 Å². The van der Waals surface area contributed by atoms with Crippen LogP contribution in [-0.4, -0.2) is 57.8 Å². The normalized spacial score (nSPS) is 14.9. The highest BCUT2D eigenvalue weighted by Gasteiger charge is 2.14. The first-order chi connectivity index (χ1) is 13.0.